The molecule has 0 atom stereocenters. The number of carbonyl (C=O) groups excluding carboxylic acids is 1. The first-order chi connectivity index (χ1) is 12.4. The topological polar surface area (TPSA) is 91.8 Å². The average Bonchev–Trinajstić information content (AvgIpc) is 3.00. The van der Waals surface area contributed by atoms with Gasteiger partial charge in [-0.3, -0.25) is 0 Å². The summed E-state index contributed by atoms with van der Waals surface area (Å²) in [7, 11) is 1.53. The molecule has 0 aliphatic heterocycles. The minimum Gasteiger partial charge on any atom is -0.497 e. The molecule has 0 unspecified atom stereocenters. The van der Waals surface area contributed by atoms with Crippen LogP contribution in [0.5, 0.6) is 5.75 Å². The molecule has 0 amide bonds. The van der Waals surface area contributed by atoms with Crippen molar-refractivity contribution in [1.29, 1.82) is 0 Å². The summed E-state index contributed by atoms with van der Waals surface area (Å²) in [5.74, 6) is 0.504. The maximum absolute atomic E-state index is 12.5. The molecule has 3 rings (SSSR count). The molecule has 7 nitrogen and oxygen atoms in total. The largest absolute Gasteiger partial charge is 0.497 e. The number of hydrogen-bond donors (Lipinski definition) is 0. The lowest BCUT2D eigenvalue weighted by atomic mass is 10.1. The number of hydrogen-bond acceptors (Lipinski definition) is 7. The second kappa shape index (κ2) is 7.03. The molecule has 0 saturated heterocycles. The van der Waals surface area contributed by atoms with E-state index in [1.54, 1.807) is 25.1 Å². The van der Waals surface area contributed by atoms with E-state index in [1.807, 2.05) is 13.8 Å². The van der Waals surface area contributed by atoms with Crippen molar-refractivity contribution in [3.63, 3.8) is 0 Å². The van der Waals surface area contributed by atoms with Crippen LogP contribution in [0, 0.1) is 6.92 Å². The molecule has 7 heteroatoms. The van der Waals surface area contributed by atoms with Gasteiger partial charge in [0.25, 0.3) is 0 Å². The normalized spacial score (nSPS) is 11.1. The number of esters is 1. The Bertz CT molecular complexity index is 1010. The van der Waals surface area contributed by atoms with Crippen molar-refractivity contribution in [2.24, 2.45) is 0 Å². The smallest absolute Gasteiger partial charge is 0.344 e. The van der Waals surface area contributed by atoms with E-state index in [0.29, 0.717) is 39.3 Å². The van der Waals surface area contributed by atoms with Gasteiger partial charge in [-0.05, 0) is 19.1 Å². The molecule has 26 heavy (non-hydrogen) atoms. The lowest BCUT2D eigenvalue weighted by Gasteiger charge is -2.09. The van der Waals surface area contributed by atoms with Crippen LogP contribution in [-0.2, 0) is 11.3 Å². The van der Waals surface area contributed by atoms with Gasteiger partial charge in [0.2, 0.25) is 0 Å². The highest BCUT2D eigenvalue weighted by atomic mass is 16.5. The van der Waals surface area contributed by atoms with Crippen LogP contribution in [0.2, 0.25) is 0 Å². The van der Waals surface area contributed by atoms with Crippen LogP contribution in [-0.4, -0.2) is 18.2 Å². The van der Waals surface area contributed by atoms with E-state index in [2.05, 4.69) is 5.16 Å². The van der Waals surface area contributed by atoms with Gasteiger partial charge >= 0.3 is 11.6 Å². The number of carbonyl (C=O) groups is 1. The van der Waals surface area contributed by atoms with Crippen molar-refractivity contribution in [3.8, 4) is 5.75 Å². The first-order valence-corrected chi connectivity index (χ1v) is 8.14. The number of benzene rings is 1. The van der Waals surface area contributed by atoms with E-state index < -0.39 is 11.6 Å². The molecule has 0 fully saturated rings. The molecular weight excluding hydrogens is 338 g/mol. The van der Waals surface area contributed by atoms with E-state index in [0.717, 1.165) is 0 Å². The van der Waals surface area contributed by atoms with E-state index >= 15 is 0 Å². The fourth-order valence-electron chi connectivity index (χ4n) is 2.70. The van der Waals surface area contributed by atoms with E-state index in [1.165, 1.54) is 13.2 Å². The SMILES string of the molecule is COc1ccc2c(COC(=O)c3c(C)noc3C(C)C)cc(=O)oc2c1. The Hall–Kier alpha value is -3.09. The molecule has 0 bridgehead atoms. The molecule has 1 aromatic carbocycles. The number of ether oxygens (including phenoxy) is 2. The summed E-state index contributed by atoms with van der Waals surface area (Å²) in [6, 6.07) is 6.42. The number of nitrogens with zero attached hydrogens (tertiary/aromatic N) is 1. The van der Waals surface area contributed by atoms with Crippen LogP contribution in [0.25, 0.3) is 11.0 Å². The zero-order valence-electron chi connectivity index (χ0n) is 15.0. The van der Waals surface area contributed by atoms with Gasteiger partial charge in [-0.25, -0.2) is 9.59 Å². The van der Waals surface area contributed by atoms with Crippen LogP contribution in [0.4, 0.5) is 0 Å². The Morgan fingerprint density at radius 3 is 2.73 bits per heavy atom. The highest BCUT2D eigenvalue weighted by Crippen LogP contribution is 2.25. The van der Waals surface area contributed by atoms with E-state index in [-0.39, 0.29) is 12.5 Å². The third-order valence-electron chi connectivity index (χ3n) is 4.01. The third kappa shape index (κ3) is 3.33. The Morgan fingerprint density at radius 2 is 2.04 bits per heavy atom. The molecule has 2 heterocycles. The minimum atomic E-state index is -0.539. The lowest BCUT2D eigenvalue weighted by molar-refractivity contribution is 0.0470. The molecule has 0 aliphatic rings. The second-order valence-corrected chi connectivity index (χ2v) is 6.19. The summed E-state index contributed by atoms with van der Waals surface area (Å²) >= 11 is 0. The van der Waals surface area contributed by atoms with Gasteiger partial charge in [0, 0.05) is 29.0 Å². The van der Waals surface area contributed by atoms with E-state index in [9.17, 15) is 9.59 Å². The predicted octanol–water partition coefficient (Wildman–Crippen LogP) is 3.58. The van der Waals surface area contributed by atoms with E-state index in [4.69, 9.17) is 18.4 Å². The van der Waals surface area contributed by atoms with Crippen molar-refractivity contribution in [2.75, 3.05) is 7.11 Å². The van der Waals surface area contributed by atoms with Gasteiger partial charge in [-0.2, -0.15) is 0 Å². The summed E-state index contributed by atoms with van der Waals surface area (Å²) < 4.78 is 21.0. The molecule has 2 aromatic heterocycles. The van der Waals surface area contributed by atoms with Crippen LogP contribution < -0.4 is 10.4 Å². The quantitative estimate of drug-likeness (QED) is 0.509. The Balaban J connectivity index is 1.89. The number of aryl methyl sites for hydroxylation is 1. The van der Waals surface area contributed by atoms with Gasteiger partial charge in [0.1, 0.15) is 23.5 Å². The Labute approximate surface area is 149 Å². The first-order valence-electron chi connectivity index (χ1n) is 8.14. The Kier molecular flexibility index (Phi) is 4.79. The second-order valence-electron chi connectivity index (χ2n) is 6.19. The standard InChI is InChI=1S/C19H19NO6/c1-10(2)18-17(11(3)20-26-18)19(22)24-9-12-7-16(21)25-15-8-13(23-4)5-6-14(12)15/h5-8,10H,9H2,1-4H3. The lowest BCUT2D eigenvalue weighted by Crippen LogP contribution is -2.10. The van der Waals surface area contributed by atoms with Crippen molar-refractivity contribution < 1.29 is 23.2 Å². The predicted molar refractivity (Wildman–Crippen MR) is 93.5 cm³/mol. The maximum Gasteiger partial charge on any atom is 0.344 e. The van der Waals surface area contributed by atoms with Crippen molar-refractivity contribution >= 4 is 16.9 Å². The highest BCUT2D eigenvalue weighted by molar-refractivity contribution is 5.92. The van der Waals surface area contributed by atoms with Gasteiger partial charge in [-0.15, -0.1) is 0 Å². The van der Waals surface area contributed by atoms with Crippen LogP contribution in [0.15, 0.2) is 38.0 Å². The maximum atomic E-state index is 12.5. The molecule has 136 valence electrons. The summed E-state index contributed by atoms with van der Waals surface area (Å²) in [5, 5.41) is 4.51. The van der Waals surface area contributed by atoms with Gasteiger partial charge in [0.15, 0.2) is 5.76 Å². The Morgan fingerprint density at radius 1 is 1.27 bits per heavy atom. The number of methoxy groups -OCH3 is 1. The van der Waals surface area contributed by atoms with Gasteiger partial charge < -0.3 is 18.4 Å². The van der Waals surface area contributed by atoms with Crippen molar-refractivity contribution in [1.82, 2.24) is 5.16 Å². The molecule has 0 N–H and O–H groups in total. The summed E-state index contributed by atoms with van der Waals surface area (Å²) in [6.45, 7) is 5.42. The van der Waals surface area contributed by atoms with Crippen molar-refractivity contribution in [2.45, 2.75) is 33.3 Å². The minimum absolute atomic E-state index is 0.00388. The zero-order valence-corrected chi connectivity index (χ0v) is 15.0. The monoisotopic (exact) mass is 357 g/mol. The van der Waals surface area contributed by atoms with Crippen LogP contribution in [0.1, 0.15) is 47.1 Å². The molecule has 0 radical (unpaired) electrons. The fourth-order valence-corrected chi connectivity index (χ4v) is 2.70. The summed E-state index contributed by atoms with van der Waals surface area (Å²) in [6.07, 6.45) is 0. The molecule has 3 aromatic rings. The summed E-state index contributed by atoms with van der Waals surface area (Å²) in [5.41, 5.74) is 1.19. The summed E-state index contributed by atoms with van der Waals surface area (Å²) in [4.78, 5) is 24.3. The zero-order chi connectivity index (χ0) is 18.8. The highest BCUT2D eigenvalue weighted by Gasteiger charge is 2.24. The van der Waals surface area contributed by atoms with Gasteiger partial charge in [0.05, 0.1) is 12.8 Å². The number of aromatic nitrogens is 1. The number of fused-ring (bicyclic) bond motifs is 1. The van der Waals surface area contributed by atoms with Crippen LogP contribution >= 0.6 is 0 Å². The molecule has 0 aliphatic carbocycles. The average molecular weight is 357 g/mol. The van der Waals surface area contributed by atoms with Crippen molar-refractivity contribution in [3.05, 3.63) is 57.3 Å². The van der Waals surface area contributed by atoms with Crippen LogP contribution in [0.3, 0.4) is 0 Å². The molecule has 0 saturated carbocycles. The number of rotatable bonds is 5. The first kappa shape index (κ1) is 17.7. The van der Waals surface area contributed by atoms with Gasteiger partial charge in [-0.1, -0.05) is 19.0 Å². The molecular formula is C19H19NO6. The third-order valence-corrected chi connectivity index (χ3v) is 4.01. The fraction of sp³-hybridized carbons (Fsp3) is 0.316. The molecule has 0 spiro atoms.